The first kappa shape index (κ1) is 17.4. The van der Waals surface area contributed by atoms with Gasteiger partial charge in [0, 0.05) is 12.1 Å². The fourth-order valence-electron chi connectivity index (χ4n) is 1.85. The van der Waals surface area contributed by atoms with Gasteiger partial charge in [-0.2, -0.15) is 0 Å². The second-order valence-corrected chi connectivity index (χ2v) is 5.17. The summed E-state index contributed by atoms with van der Waals surface area (Å²) in [4.78, 5) is 11.7. The molecule has 21 heavy (non-hydrogen) atoms. The minimum absolute atomic E-state index is 0.0726. The number of halogens is 2. The molecule has 0 aliphatic rings. The molecule has 0 heterocycles. The van der Waals surface area contributed by atoms with E-state index in [1.807, 2.05) is 13.8 Å². The molecule has 0 aliphatic heterocycles. The molecule has 0 saturated carbocycles. The fourth-order valence-corrected chi connectivity index (χ4v) is 1.85. The van der Waals surface area contributed by atoms with Crippen molar-refractivity contribution in [2.24, 2.45) is 5.92 Å². The Hall–Kier alpha value is -1.69. The van der Waals surface area contributed by atoms with Gasteiger partial charge in [-0.25, -0.2) is 13.6 Å². The number of aliphatic hydroxyl groups is 1. The first-order valence-corrected chi connectivity index (χ1v) is 7.03. The molecule has 0 spiro atoms. The molecule has 0 aromatic heterocycles. The smallest absolute Gasteiger partial charge is 0.315 e. The predicted molar refractivity (Wildman–Crippen MR) is 76.8 cm³/mol. The molecule has 0 fully saturated rings. The van der Waals surface area contributed by atoms with Gasteiger partial charge in [0.05, 0.1) is 12.1 Å². The van der Waals surface area contributed by atoms with Gasteiger partial charge in [0.2, 0.25) is 0 Å². The third-order valence-corrected chi connectivity index (χ3v) is 3.57. The molecule has 3 unspecified atom stereocenters. The first-order chi connectivity index (χ1) is 9.86. The third kappa shape index (κ3) is 4.97. The van der Waals surface area contributed by atoms with E-state index >= 15 is 0 Å². The average Bonchev–Trinajstić information content (AvgIpc) is 2.46. The Labute approximate surface area is 123 Å². The molecule has 0 bridgehead atoms. The molecule has 0 aliphatic carbocycles. The van der Waals surface area contributed by atoms with Crippen molar-refractivity contribution in [2.45, 2.75) is 39.3 Å². The van der Waals surface area contributed by atoms with Crippen LogP contribution in [0, 0.1) is 17.6 Å². The summed E-state index contributed by atoms with van der Waals surface area (Å²) in [6.45, 7) is 5.50. The number of hydrogen-bond donors (Lipinski definition) is 3. The number of hydrogen-bond acceptors (Lipinski definition) is 2. The second-order valence-electron chi connectivity index (χ2n) is 5.17. The van der Waals surface area contributed by atoms with Crippen LogP contribution in [0.5, 0.6) is 0 Å². The van der Waals surface area contributed by atoms with E-state index in [0.717, 1.165) is 12.5 Å². The lowest BCUT2D eigenvalue weighted by Gasteiger charge is -2.20. The molecule has 4 nitrogen and oxygen atoms in total. The van der Waals surface area contributed by atoms with Crippen LogP contribution in [0.25, 0.3) is 0 Å². The van der Waals surface area contributed by atoms with Crippen LogP contribution >= 0.6 is 0 Å². The molecule has 3 N–H and O–H groups in total. The number of nitrogens with one attached hydrogen (secondary N) is 2. The monoisotopic (exact) mass is 300 g/mol. The lowest BCUT2D eigenvalue weighted by atomic mass is 10.0. The molecule has 6 heteroatoms. The zero-order chi connectivity index (χ0) is 16.0. The van der Waals surface area contributed by atoms with E-state index in [-0.39, 0.29) is 18.0 Å². The molecule has 2 amide bonds. The van der Waals surface area contributed by atoms with Gasteiger partial charge in [0.25, 0.3) is 0 Å². The Kier molecular flexibility index (Phi) is 6.55. The summed E-state index contributed by atoms with van der Waals surface area (Å²) in [5.41, 5.74) is 0.0765. The van der Waals surface area contributed by atoms with E-state index in [0.29, 0.717) is 0 Å². The van der Waals surface area contributed by atoms with Crippen molar-refractivity contribution >= 4 is 6.03 Å². The zero-order valence-electron chi connectivity index (χ0n) is 12.5. The molecule has 0 radical (unpaired) electrons. The van der Waals surface area contributed by atoms with Crippen molar-refractivity contribution < 1.29 is 18.7 Å². The maximum Gasteiger partial charge on any atom is 0.315 e. The van der Waals surface area contributed by atoms with Crippen LogP contribution in [-0.2, 0) is 0 Å². The van der Waals surface area contributed by atoms with Crippen molar-refractivity contribution in [3.63, 3.8) is 0 Å². The van der Waals surface area contributed by atoms with E-state index < -0.39 is 29.8 Å². The summed E-state index contributed by atoms with van der Waals surface area (Å²) in [6, 6.07) is 2.61. The van der Waals surface area contributed by atoms with Crippen LogP contribution in [0.2, 0.25) is 0 Å². The highest BCUT2D eigenvalue weighted by Gasteiger charge is 2.17. The molecular formula is C15H22F2N2O2. The van der Waals surface area contributed by atoms with Crippen LogP contribution in [0.15, 0.2) is 18.2 Å². The van der Waals surface area contributed by atoms with Gasteiger partial charge in [0.15, 0.2) is 11.6 Å². The van der Waals surface area contributed by atoms with Crippen LogP contribution in [-0.4, -0.2) is 23.8 Å². The molecule has 118 valence electrons. The Balaban J connectivity index is 2.53. The Bertz CT molecular complexity index is 483. The molecule has 3 atom stereocenters. The lowest BCUT2D eigenvalue weighted by Crippen LogP contribution is -2.42. The summed E-state index contributed by atoms with van der Waals surface area (Å²) in [7, 11) is 0. The molecule has 1 rings (SSSR count). The largest absolute Gasteiger partial charge is 0.391 e. The van der Waals surface area contributed by atoms with Crippen LogP contribution in [0.1, 0.15) is 38.8 Å². The van der Waals surface area contributed by atoms with Gasteiger partial charge >= 0.3 is 6.03 Å². The minimum atomic E-state index is -0.968. The number of carbonyl (C=O) groups is 1. The topological polar surface area (TPSA) is 61.4 Å². The van der Waals surface area contributed by atoms with Gasteiger partial charge in [-0.3, -0.25) is 0 Å². The summed E-state index contributed by atoms with van der Waals surface area (Å²) in [5, 5.41) is 14.8. The predicted octanol–water partition coefficient (Wildman–Crippen LogP) is 2.73. The molecular weight excluding hydrogens is 278 g/mol. The molecule has 1 aromatic carbocycles. The highest BCUT2D eigenvalue weighted by Crippen LogP contribution is 2.18. The number of rotatable bonds is 6. The standard InChI is InChI=1S/C15H22F2N2O2/c1-4-9(2)13(20)8-18-15(21)19-10(3)11-6-5-7-12(16)14(11)17/h5-7,9-10,13,20H,4,8H2,1-3H3,(H2,18,19,21). The summed E-state index contributed by atoms with van der Waals surface area (Å²) in [6.07, 6.45) is 0.164. The highest BCUT2D eigenvalue weighted by atomic mass is 19.2. The molecule has 1 aromatic rings. The first-order valence-electron chi connectivity index (χ1n) is 7.03. The zero-order valence-corrected chi connectivity index (χ0v) is 12.5. The van der Waals surface area contributed by atoms with Crippen molar-refractivity contribution in [1.29, 1.82) is 0 Å². The lowest BCUT2D eigenvalue weighted by molar-refractivity contribution is 0.114. The normalized spacial score (nSPS) is 15.1. The van der Waals surface area contributed by atoms with Gasteiger partial charge < -0.3 is 15.7 Å². The van der Waals surface area contributed by atoms with Gasteiger partial charge in [-0.15, -0.1) is 0 Å². The number of benzene rings is 1. The van der Waals surface area contributed by atoms with Crippen molar-refractivity contribution in [1.82, 2.24) is 10.6 Å². The minimum Gasteiger partial charge on any atom is -0.391 e. The quantitative estimate of drug-likeness (QED) is 0.756. The third-order valence-electron chi connectivity index (χ3n) is 3.57. The van der Waals surface area contributed by atoms with E-state index in [4.69, 9.17) is 0 Å². The number of amides is 2. The Morgan fingerprint density at radius 3 is 2.62 bits per heavy atom. The van der Waals surface area contributed by atoms with E-state index in [1.54, 1.807) is 6.92 Å². The maximum absolute atomic E-state index is 13.6. The van der Waals surface area contributed by atoms with E-state index in [2.05, 4.69) is 10.6 Å². The average molecular weight is 300 g/mol. The number of carbonyl (C=O) groups excluding carboxylic acids is 1. The highest BCUT2D eigenvalue weighted by molar-refractivity contribution is 5.74. The summed E-state index contributed by atoms with van der Waals surface area (Å²) in [5.74, 6) is -1.85. The maximum atomic E-state index is 13.6. The fraction of sp³-hybridized carbons (Fsp3) is 0.533. The summed E-state index contributed by atoms with van der Waals surface area (Å²) < 4.78 is 26.7. The Morgan fingerprint density at radius 1 is 1.33 bits per heavy atom. The SMILES string of the molecule is CCC(C)C(O)CNC(=O)NC(C)c1cccc(F)c1F. The van der Waals surface area contributed by atoms with Crippen LogP contribution < -0.4 is 10.6 Å². The summed E-state index contributed by atoms with van der Waals surface area (Å²) >= 11 is 0. The van der Waals surface area contributed by atoms with Crippen LogP contribution in [0.3, 0.4) is 0 Å². The molecule has 0 saturated heterocycles. The van der Waals surface area contributed by atoms with Crippen molar-refractivity contribution in [2.75, 3.05) is 6.54 Å². The van der Waals surface area contributed by atoms with Crippen molar-refractivity contribution in [3.8, 4) is 0 Å². The van der Waals surface area contributed by atoms with Gasteiger partial charge in [0.1, 0.15) is 0 Å². The van der Waals surface area contributed by atoms with Gasteiger partial charge in [-0.1, -0.05) is 32.4 Å². The van der Waals surface area contributed by atoms with Crippen LogP contribution in [0.4, 0.5) is 13.6 Å². The second kappa shape index (κ2) is 7.93. The van der Waals surface area contributed by atoms with Gasteiger partial charge in [-0.05, 0) is 18.9 Å². The number of aliphatic hydroxyl groups excluding tert-OH is 1. The van der Waals surface area contributed by atoms with E-state index in [9.17, 15) is 18.7 Å². The Morgan fingerprint density at radius 2 is 2.00 bits per heavy atom. The van der Waals surface area contributed by atoms with E-state index in [1.165, 1.54) is 12.1 Å². The van der Waals surface area contributed by atoms with Crippen molar-refractivity contribution in [3.05, 3.63) is 35.4 Å². The number of urea groups is 1.